The molecule has 1 atom stereocenters. The Morgan fingerprint density at radius 3 is 2.25 bits per heavy atom. The molecule has 3 aromatic carbocycles. The number of piperidine rings is 1. The van der Waals surface area contributed by atoms with Crippen molar-refractivity contribution in [3.8, 4) is 17.5 Å². The maximum Gasteiger partial charge on any atom is 0.316 e. The van der Waals surface area contributed by atoms with Crippen molar-refractivity contribution < 1.29 is 33.4 Å². The first kappa shape index (κ1) is 32.4. The van der Waals surface area contributed by atoms with E-state index in [2.05, 4.69) is 57.0 Å². The monoisotopic (exact) mass is 687 g/mol. The van der Waals surface area contributed by atoms with Crippen molar-refractivity contribution in [2.45, 2.75) is 75.2 Å². The van der Waals surface area contributed by atoms with E-state index in [1.165, 1.54) is 24.7 Å². The van der Waals surface area contributed by atoms with Crippen LogP contribution in [0.5, 0.6) is 17.5 Å². The van der Waals surface area contributed by atoms with E-state index in [9.17, 15) is 19.2 Å². The number of anilines is 1. The Balaban J connectivity index is 0.843. The highest BCUT2D eigenvalue weighted by Crippen LogP contribution is 2.49. The SMILES string of the molecule is COc1nccc(COc2ccc(C3(c4ccc(OC5CC(Nc6ccc7c(c6)C(=O)N(C6CCC(=O)NC6=O)C7=O)C5)cc4)CCC3)cc2)n1. The van der Waals surface area contributed by atoms with Gasteiger partial charge in [-0.25, -0.2) is 4.98 Å². The quantitative estimate of drug-likeness (QED) is 0.207. The van der Waals surface area contributed by atoms with Gasteiger partial charge in [0.2, 0.25) is 11.8 Å². The molecule has 12 heteroatoms. The molecule has 1 aromatic heterocycles. The number of carbonyl (C=O) groups excluding carboxylic acids is 4. The summed E-state index contributed by atoms with van der Waals surface area (Å²) in [6.45, 7) is 0.326. The number of nitrogens with zero attached hydrogens (tertiary/aromatic N) is 3. The normalized spacial score (nSPS) is 22.0. The second-order valence-electron chi connectivity index (χ2n) is 13.6. The fourth-order valence-electron chi connectivity index (χ4n) is 7.48. The minimum atomic E-state index is -0.982. The lowest BCUT2D eigenvalue weighted by Gasteiger charge is -2.43. The number of fused-ring (bicyclic) bond motifs is 1. The fourth-order valence-corrected chi connectivity index (χ4v) is 7.48. The number of nitrogens with one attached hydrogen (secondary N) is 2. The summed E-state index contributed by atoms with van der Waals surface area (Å²) < 4.78 is 17.4. The first-order valence-corrected chi connectivity index (χ1v) is 17.3. The van der Waals surface area contributed by atoms with Gasteiger partial charge in [0.05, 0.1) is 23.9 Å². The molecule has 1 saturated heterocycles. The molecule has 2 aliphatic carbocycles. The number of aromatic nitrogens is 2. The lowest BCUT2D eigenvalue weighted by molar-refractivity contribution is -0.136. The van der Waals surface area contributed by atoms with Crippen LogP contribution in [0.3, 0.4) is 0 Å². The summed E-state index contributed by atoms with van der Waals surface area (Å²) in [5.74, 6) is -0.438. The van der Waals surface area contributed by atoms with Crippen LogP contribution < -0.4 is 24.8 Å². The zero-order valence-corrected chi connectivity index (χ0v) is 28.1. The molecule has 2 N–H and O–H groups in total. The van der Waals surface area contributed by atoms with Gasteiger partial charge in [-0.1, -0.05) is 30.7 Å². The number of imide groups is 2. The Labute approximate surface area is 294 Å². The Morgan fingerprint density at radius 2 is 1.59 bits per heavy atom. The third-order valence-corrected chi connectivity index (χ3v) is 10.5. The van der Waals surface area contributed by atoms with Crippen molar-refractivity contribution in [1.29, 1.82) is 0 Å². The van der Waals surface area contributed by atoms with Crippen LogP contribution in [0.2, 0.25) is 0 Å². The van der Waals surface area contributed by atoms with Crippen LogP contribution in [0.4, 0.5) is 5.69 Å². The van der Waals surface area contributed by atoms with Crippen LogP contribution in [-0.2, 0) is 21.6 Å². The van der Waals surface area contributed by atoms with E-state index in [0.717, 1.165) is 53.5 Å². The smallest absolute Gasteiger partial charge is 0.316 e. The summed E-state index contributed by atoms with van der Waals surface area (Å²) in [7, 11) is 1.54. The summed E-state index contributed by atoms with van der Waals surface area (Å²) in [6.07, 6.45) is 6.85. The molecular weight excluding hydrogens is 650 g/mol. The van der Waals surface area contributed by atoms with Gasteiger partial charge in [0.1, 0.15) is 30.3 Å². The number of carbonyl (C=O) groups is 4. The number of benzene rings is 3. The van der Waals surface area contributed by atoms with Gasteiger partial charge in [0.25, 0.3) is 11.8 Å². The van der Waals surface area contributed by atoms with E-state index in [0.29, 0.717) is 12.6 Å². The summed E-state index contributed by atoms with van der Waals surface area (Å²) in [6, 6.07) is 23.2. The minimum Gasteiger partial charge on any atom is -0.490 e. The molecule has 3 heterocycles. The molecule has 51 heavy (non-hydrogen) atoms. The van der Waals surface area contributed by atoms with Gasteiger partial charge in [-0.05, 0) is 78.9 Å². The highest BCUT2D eigenvalue weighted by atomic mass is 16.5. The maximum absolute atomic E-state index is 13.2. The maximum atomic E-state index is 13.2. The average Bonchev–Trinajstić information content (AvgIpc) is 3.35. The van der Waals surface area contributed by atoms with Crippen LogP contribution >= 0.6 is 0 Å². The van der Waals surface area contributed by atoms with E-state index >= 15 is 0 Å². The topological polar surface area (TPSA) is 149 Å². The van der Waals surface area contributed by atoms with Gasteiger partial charge in [-0.3, -0.25) is 29.4 Å². The average molecular weight is 688 g/mol. The van der Waals surface area contributed by atoms with Crippen LogP contribution in [0.1, 0.15) is 82.5 Å². The Kier molecular flexibility index (Phi) is 8.37. The minimum absolute atomic E-state index is 0.0245. The van der Waals surface area contributed by atoms with Gasteiger partial charge in [0.15, 0.2) is 0 Å². The van der Waals surface area contributed by atoms with Crippen molar-refractivity contribution in [2.75, 3.05) is 12.4 Å². The summed E-state index contributed by atoms with van der Waals surface area (Å²) in [5.41, 5.74) is 4.52. The second-order valence-corrected chi connectivity index (χ2v) is 13.6. The van der Waals surface area contributed by atoms with Crippen LogP contribution in [-0.4, -0.2) is 63.8 Å². The molecular formula is C39H37N5O7. The van der Waals surface area contributed by atoms with Crippen LogP contribution in [0.25, 0.3) is 0 Å². The third kappa shape index (κ3) is 6.15. The number of methoxy groups -OCH3 is 1. The lowest BCUT2D eigenvalue weighted by Crippen LogP contribution is -2.54. The fraction of sp³-hybridized carbons (Fsp3) is 0.333. The number of hydrogen-bond donors (Lipinski definition) is 2. The molecule has 1 unspecified atom stereocenters. The Morgan fingerprint density at radius 1 is 0.882 bits per heavy atom. The molecule has 8 rings (SSSR count). The zero-order chi connectivity index (χ0) is 35.1. The predicted octanol–water partition coefficient (Wildman–Crippen LogP) is 4.96. The standard InChI is InChI=1S/C39H37N5O7/c1-49-38-40-18-15-26(42-38)22-50-28-8-3-23(4-9-28)39(16-2-17-39)24-5-10-29(11-6-24)51-30-19-27(20-30)41-25-7-12-31-32(21-25)37(48)44(36(31)47)33-13-14-34(45)43-35(33)46/h3-12,15,18,21,27,30,33,41H,2,13-14,16-17,19-20,22H2,1H3,(H,43,45,46). The highest BCUT2D eigenvalue weighted by Gasteiger charge is 2.45. The van der Waals surface area contributed by atoms with E-state index in [1.807, 2.05) is 12.1 Å². The number of amides is 4. The zero-order valence-electron chi connectivity index (χ0n) is 28.1. The molecule has 0 bridgehead atoms. The van der Waals surface area contributed by atoms with E-state index in [-0.39, 0.29) is 41.5 Å². The molecule has 0 spiro atoms. The van der Waals surface area contributed by atoms with Gasteiger partial charge >= 0.3 is 6.01 Å². The Hall–Kier alpha value is -5.78. The molecule has 2 saturated carbocycles. The van der Waals surface area contributed by atoms with Gasteiger partial charge in [0, 0.05) is 42.6 Å². The number of ether oxygens (including phenoxy) is 3. The number of rotatable bonds is 11. The van der Waals surface area contributed by atoms with Crippen molar-refractivity contribution >= 4 is 29.3 Å². The Bertz CT molecular complexity index is 2010. The second kappa shape index (κ2) is 13.2. The largest absolute Gasteiger partial charge is 0.490 e. The summed E-state index contributed by atoms with van der Waals surface area (Å²) >= 11 is 0. The molecule has 3 fully saturated rings. The van der Waals surface area contributed by atoms with E-state index in [4.69, 9.17) is 14.2 Å². The van der Waals surface area contributed by atoms with E-state index in [1.54, 1.807) is 30.5 Å². The van der Waals surface area contributed by atoms with Gasteiger partial charge < -0.3 is 19.5 Å². The van der Waals surface area contributed by atoms with Crippen molar-refractivity contribution in [3.05, 3.63) is 107 Å². The van der Waals surface area contributed by atoms with Gasteiger partial charge in [-0.15, -0.1) is 0 Å². The molecule has 12 nitrogen and oxygen atoms in total. The molecule has 4 amide bonds. The molecule has 0 radical (unpaired) electrons. The molecule has 260 valence electrons. The highest BCUT2D eigenvalue weighted by molar-refractivity contribution is 6.23. The number of hydrogen-bond acceptors (Lipinski definition) is 10. The van der Waals surface area contributed by atoms with Crippen molar-refractivity contribution in [1.82, 2.24) is 20.2 Å². The lowest BCUT2D eigenvalue weighted by atomic mass is 9.60. The first-order valence-electron chi connectivity index (χ1n) is 17.3. The van der Waals surface area contributed by atoms with Crippen molar-refractivity contribution in [3.63, 3.8) is 0 Å². The van der Waals surface area contributed by atoms with E-state index < -0.39 is 29.7 Å². The van der Waals surface area contributed by atoms with Crippen LogP contribution in [0, 0.1) is 0 Å². The molecule has 2 aliphatic heterocycles. The predicted molar refractivity (Wildman–Crippen MR) is 185 cm³/mol. The molecule has 4 aliphatic rings. The van der Waals surface area contributed by atoms with Gasteiger partial charge in [-0.2, -0.15) is 4.98 Å². The first-order chi connectivity index (χ1) is 24.8. The summed E-state index contributed by atoms with van der Waals surface area (Å²) in [4.78, 5) is 59.4. The van der Waals surface area contributed by atoms with Crippen molar-refractivity contribution in [2.24, 2.45) is 0 Å². The molecule has 4 aromatic rings. The third-order valence-electron chi connectivity index (χ3n) is 10.5. The van der Waals surface area contributed by atoms with Crippen LogP contribution in [0.15, 0.2) is 79.0 Å². The summed E-state index contributed by atoms with van der Waals surface area (Å²) in [5, 5.41) is 5.67.